The van der Waals surface area contributed by atoms with Crippen LogP contribution >= 0.6 is 0 Å². The summed E-state index contributed by atoms with van der Waals surface area (Å²) in [5.74, 6) is -0.127. The van der Waals surface area contributed by atoms with Gasteiger partial charge in [0.15, 0.2) is 0 Å². The first-order valence-corrected chi connectivity index (χ1v) is 9.25. The first-order valence-electron chi connectivity index (χ1n) is 9.25. The Morgan fingerprint density at radius 1 is 1.00 bits per heavy atom. The van der Waals surface area contributed by atoms with Gasteiger partial charge in [-0.2, -0.15) is 0 Å². The molecule has 2 rings (SSSR count). The molecule has 144 valence electrons. The number of phenols is 1. The minimum Gasteiger partial charge on any atom is -0.508 e. The third-order valence-electron chi connectivity index (χ3n) is 4.36. The molecule has 0 aliphatic heterocycles. The van der Waals surface area contributed by atoms with Crippen LogP contribution in [0.1, 0.15) is 64.3 Å². The monoisotopic (exact) mass is 366 g/mol. The van der Waals surface area contributed by atoms with E-state index in [1.165, 1.54) is 6.08 Å². The molecule has 3 nitrogen and oxygen atoms in total. The van der Waals surface area contributed by atoms with Gasteiger partial charge in [0.1, 0.15) is 11.9 Å². The van der Waals surface area contributed by atoms with Gasteiger partial charge in [0.05, 0.1) is 0 Å². The van der Waals surface area contributed by atoms with Crippen LogP contribution in [-0.2, 0) is 14.9 Å². The number of hydrogen-bond acceptors (Lipinski definition) is 3. The van der Waals surface area contributed by atoms with Gasteiger partial charge in [0.25, 0.3) is 0 Å². The van der Waals surface area contributed by atoms with Gasteiger partial charge < -0.3 is 9.84 Å². The average Bonchev–Trinajstić information content (AvgIpc) is 2.57. The molecule has 0 bridgehead atoms. The van der Waals surface area contributed by atoms with Gasteiger partial charge in [-0.25, -0.2) is 4.79 Å². The predicted molar refractivity (Wildman–Crippen MR) is 111 cm³/mol. The average molecular weight is 367 g/mol. The molecule has 0 amide bonds. The maximum absolute atomic E-state index is 12.4. The maximum atomic E-state index is 12.4. The minimum atomic E-state index is -0.424. The van der Waals surface area contributed by atoms with Gasteiger partial charge >= 0.3 is 5.97 Å². The van der Waals surface area contributed by atoms with Crippen LogP contribution in [0, 0.1) is 5.41 Å². The second-order valence-corrected chi connectivity index (χ2v) is 8.95. The van der Waals surface area contributed by atoms with E-state index in [0.717, 1.165) is 16.7 Å². The number of carbonyl (C=O) groups excluding carboxylic acids is 1. The van der Waals surface area contributed by atoms with Crippen molar-refractivity contribution in [3.05, 3.63) is 71.3 Å². The fraction of sp³-hybridized carbons (Fsp3) is 0.375. The largest absolute Gasteiger partial charge is 0.508 e. The highest BCUT2D eigenvalue weighted by atomic mass is 16.5. The summed E-state index contributed by atoms with van der Waals surface area (Å²) in [5.41, 5.74) is 2.17. The quantitative estimate of drug-likeness (QED) is 0.530. The van der Waals surface area contributed by atoms with Gasteiger partial charge in [-0.1, -0.05) is 77.9 Å². The Morgan fingerprint density at radius 2 is 1.63 bits per heavy atom. The fourth-order valence-electron chi connectivity index (χ4n) is 2.95. The molecule has 1 N–H and O–H groups in total. The second kappa shape index (κ2) is 7.99. The topological polar surface area (TPSA) is 46.5 Å². The number of ether oxygens (including phenoxy) is 1. The van der Waals surface area contributed by atoms with Crippen molar-refractivity contribution in [2.45, 2.75) is 53.1 Å². The summed E-state index contributed by atoms with van der Waals surface area (Å²) in [6.07, 6.45) is 2.78. The zero-order chi connectivity index (χ0) is 20.2. The first-order chi connectivity index (χ1) is 12.5. The summed E-state index contributed by atoms with van der Waals surface area (Å²) in [6.45, 7) is 12.3. The Hall–Kier alpha value is -2.55. The molecule has 1 atom stereocenters. The molecule has 0 saturated heterocycles. The molecule has 0 saturated carbocycles. The number of esters is 1. The van der Waals surface area contributed by atoms with E-state index in [1.54, 1.807) is 12.1 Å². The maximum Gasteiger partial charge on any atom is 0.331 e. The standard InChI is InChI=1S/C24H30O3/c1-23(2,3)19-16-18(13-14-20(19)25)22(24(4,5)6)27-21(26)15-12-17-10-8-7-9-11-17/h7-16,22,25H,1-6H3/b15-12+. The second-order valence-electron chi connectivity index (χ2n) is 8.95. The van der Waals surface area contributed by atoms with Crippen LogP contribution in [0.4, 0.5) is 0 Å². The van der Waals surface area contributed by atoms with Gasteiger partial charge in [0.2, 0.25) is 0 Å². The van der Waals surface area contributed by atoms with Crippen LogP contribution in [-0.4, -0.2) is 11.1 Å². The van der Waals surface area contributed by atoms with Gasteiger partial charge in [0, 0.05) is 11.5 Å². The third-order valence-corrected chi connectivity index (χ3v) is 4.36. The van der Waals surface area contributed by atoms with Crippen LogP contribution in [0.5, 0.6) is 5.75 Å². The zero-order valence-corrected chi connectivity index (χ0v) is 17.1. The number of aromatic hydroxyl groups is 1. The zero-order valence-electron chi connectivity index (χ0n) is 17.1. The van der Waals surface area contributed by atoms with Crippen LogP contribution < -0.4 is 0 Å². The molecule has 0 spiro atoms. The first kappa shape index (κ1) is 20.8. The van der Waals surface area contributed by atoms with Crippen molar-refractivity contribution >= 4 is 12.0 Å². The molecule has 0 radical (unpaired) electrons. The van der Waals surface area contributed by atoms with Gasteiger partial charge in [-0.15, -0.1) is 0 Å². The Balaban J connectivity index is 2.29. The molecular weight excluding hydrogens is 336 g/mol. The van der Waals surface area contributed by atoms with Gasteiger partial charge in [-0.05, 0) is 40.3 Å². The molecule has 0 aromatic heterocycles. The fourth-order valence-corrected chi connectivity index (χ4v) is 2.95. The smallest absolute Gasteiger partial charge is 0.331 e. The number of rotatable bonds is 4. The molecule has 0 heterocycles. The van der Waals surface area contributed by atoms with E-state index >= 15 is 0 Å². The molecule has 1 unspecified atom stereocenters. The van der Waals surface area contributed by atoms with Crippen LogP contribution in [0.25, 0.3) is 6.08 Å². The van der Waals surface area contributed by atoms with Crippen molar-refractivity contribution < 1.29 is 14.6 Å². The Morgan fingerprint density at radius 3 is 2.19 bits per heavy atom. The number of phenolic OH excluding ortho intramolecular Hbond substituents is 1. The van der Waals surface area contributed by atoms with E-state index in [0.29, 0.717) is 0 Å². The lowest BCUT2D eigenvalue weighted by molar-refractivity contribution is -0.149. The van der Waals surface area contributed by atoms with Crippen molar-refractivity contribution in [2.24, 2.45) is 5.41 Å². The van der Waals surface area contributed by atoms with E-state index < -0.39 is 6.10 Å². The van der Waals surface area contributed by atoms with Crippen molar-refractivity contribution in [1.29, 1.82) is 0 Å². The van der Waals surface area contributed by atoms with Crippen molar-refractivity contribution in [3.8, 4) is 5.75 Å². The highest BCUT2D eigenvalue weighted by Crippen LogP contribution is 2.40. The normalized spacial score (nSPS) is 13.6. The third kappa shape index (κ3) is 5.72. The molecule has 3 heteroatoms. The van der Waals surface area contributed by atoms with Crippen LogP contribution in [0.15, 0.2) is 54.6 Å². The van der Waals surface area contributed by atoms with E-state index in [9.17, 15) is 9.90 Å². The summed E-state index contributed by atoms with van der Waals surface area (Å²) in [5, 5.41) is 10.2. The predicted octanol–water partition coefficient (Wildman–Crippen LogP) is 6.03. The highest BCUT2D eigenvalue weighted by Gasteiger charge is 2.31. The SMILES string of the molecule is CC(C)(C)c1cc(C(OC(=O)/C=C/c2ccccc2)C(C)(C)C)ccc1O. The lowest BCUT2D eigenvalue weighted by Crippen LogP contribution is -2.24. The molecule has 0 aliphatic rings. The summed E-state index contributed by atoms with van der Waals surface area (Å²) in [6, 6.07) is 15.1. The van der Waals surface area contributed by atoms with E-state index in [-0.39, 0.29) is 22.5 Å². The van der Waals surface area contributed by atoms with E-state index in [1.807, 2.05) is 84.0 Å². The molecule has 2 aromatic rings. The lowest BCUT2D eigenvalue weighted by atomic mass is 9.80. The summed E-state index contributed by atoms with van der Waals surface area (Å²) in [4.78, 5) is 12.4. The highest BCUT2D eigenvalue weighted by molar-refractivity contribution is 5.87. The van der Waals surface area contributed by atoms with E-state index in [2.05, 4.69) is 0 Å². The Bertz CT molecular complexity index is 806. The van der Waals surface area contributed by atoms with Crippen molar-refractivity contribution in [3.63, 3.8) is 0 Å². The number of carbonyl (C=O) groups is 1. The Kier molecular flexibility index (Phi) is 6.15. The molecule has 27 heavy (non-hydrogen) atoms. The lowest BCUT2D eigenvalue weighted by Gasteiger charge is -2.31. The minimum absolute atomic E-state index is 0.209. The Labute approximate surface area is 162 Å². The molecule has 2 aromatic carbocycles. The summed E-state index contributed by atoms with van der Waals surface area (Å²) in [7, 11) is 0. The number of benzene rings is 2. The van der Waals surface area contributed by atoms with Crippen molar-refractivity contribution in [2.75, 3.05) is 0 Å². The molecular formula is C24H30O3. The van der Waals surface area contributed by atoms with E-state index in [4.69, 9.17) is 4.74 Å². The number of hydrogen-bond donors (Lipinski definition) is 1. The van der Waals surface area contributed by atoms with Crippen molar-refractivity contribution in [1.82, 2.24) is 0 Å². The van der Waals surface area contributed by atoms with Crippen LogP contribution in [0.2, 0.25) is 0 Å². The summed E-state index contributed by atoms with van der Waals surface area (Å²) >= 11 is 0. The summed E-state index contributed by atoms with van der Waals surface area (Å²) < 4.78 is 5.82. The van der Waals surface area contributed by atoms with Gasteiger partial charge in [-0.3, -0.25) is 0 Å². The molecule has 0 aliphatic carbocycles. The molecule has 0 fully saturated rings. The van der Waals surface area contributed by atoms with Crippen LogP contribution in [0.3, 0.4) is 0 Å².